The first-order chi connectivity index (χ1) is 21.4. The molecule has 2 aromatic carbocycles. The van der Waals surface area contributed by atoms with Crippen LogP contribution < -0.4 is 20.2 Å². The van der Waals surface area contributed by atoms with E-state index in [2.05, 4.69) is 10.2 Å². The highest BCUT2D eigenvalue weighted by Crippen LogP contribution is 2.45. The molecule has 0 radical (unpaired) electrons. The molecule has 0 amide bonds. The van der Waals surface area contributed by atoms with Crippen LogP contribution in [0.15, 0.2) is 42.0 Å². The van der Waals surface area contributed by atoms with E-state index in [1.807, 2.05) is 30.3 Å². The van der Waals surface area contributed by atoms with Gasteiger partial charge in [0.15, 0.2) is 0 Å². The Balaban J connectivity index is 2.11. The Kier molecular flexibility index (Phi) is 12.9. The molecule has 1 aliphatic rings. The molecule has 0 fully saturated rings. The first-order valence-electron chi connectivity index (χ1n) is 14.7. The molecular weight excluding hydrogens is 603 g/mol. The monoisotopic (exact) mass is 644 g/mol. The first kappa shape index (κ1) is 35.5. The Hall–Kier alpha value is -3.99. The predicted molar refractivity (Wildman–Crippen MR) is 167 cm³/mol. The first-order valence-corrected chi connectivity index (χ1v) is 16.4. The van der Waals surface area contributed by atoms with Gasteiger partial charge in [0.2, 0.25) is 7.44 Å². The van der Waals surface area contributed by atoms with Crippen LogP contribution in [0.5, 0.6) is 5.75 Å². The number of nitrogens with one attached hydrogen (secondary N) is 2. The van der Waals surface area contributed by atoms with Crippen LogP contribution in [-0.2, 0) is 52.6 Å². The number of hydrogen-bond donors (Lipinski definition) is 3. The summed E-state index contributed by atoms with van der Waals surface area (Å²) in [7, 11) is -2.71. The van der Waals surface area contributed by atoms with Gasteiger partial charge in [-0.05, 0) is 58.1 Å². The third kappa shape index (κ3) is 9.03. The Bertz CT molecular complexity index is 1460. The lowest BCUT2D eigenvalue weighted by Gasteiger charge is -2.27. The lowest BCUT2D eigenvalue weighted by Crippen LogP contribution is -2.39. The Labute approximate surface area is 262 Å². The van der Waals surface area contributed by atoms with Crippen LogP contribution in [0.3, 0.4) is 0 Å². The number of carbonyl (C=O) groups excluding carboxylic acids is 3. The number of rotatable bonds is 17. The Morgan fingerprint density at radius 1 is 1.07 bits per heavy atom. The zero-order chi connectivity index (χ0) is 33.1. The van der Waals surface area contributed by atoms with E-state index in [9.17, 15) is 28.8 Å². The second-order valence-electron chi connectivity index (χ2n) is 10.5. The van der Waals surface area contributed by atoms with Gasteiger partial charge >= 0.3 is 23.9 Å². The smallest absolute Gasteiger partial charge is 0.339 e. The topological polar surface area (TPSA) is 167 Å². The summed E-state index contributed by atoms with van der Waals surface area (Å²) in [6.07, 6.45) is 2.48. The van der Waals surface area contributed by atoms with Gasteiger partial charge in [0.1, 0.15) is 25.4 Å². The summed E-state index contributed by atoms with van der Waals surface area (Å²) in [6.45, 7) is 5.96. The van der Waals surface area contributed by atoms with Gasteiger partial charge in [0.25, 0.3) is 0 Å². The van der Waals surface area contributed by atoms with Crippen LogP contribution in [0.2, 0.25) is 0 Å². The molecule has 0 bridgehead atoms. The number of benzene rings is 2. The van der Waals surface area contributed by atoms with Crippen molar-refractivity contribution in [3.05, 3.63) is 69.8 Å². The number of carboxylic acid groups (broad SMARTS) is 1. The molecular formula is C32H41N2O10P. The van der Waals surface area contributed by atoms with Gasteiger partial charge in [0.05, 0.1) is 37.1 Å². The summed E-state index contributed by atoms with van der Waals surface area (Å²) >= 11 is 0. The van der Waals surface area contributed by atoms with Gasteiger partial charge in [-0.2, -0.15) is 0 Å². The van der Waals surface area contributed by atoms with Gasteiger partial charge in [-0.3, -0.25) is 18.9 Å². The maximum absolute atomic E-state index is 14.9. The number of ether oxygens (including phenoxy) is 4. The lowest BCUT2D eigenvalue weighted by molar-refractivity contribution is -0.142. The average Bonchev–Trinajstić information content (AvgIpc) is 3.39. The number of aliphatic carboxylic acids is 1. The molecule has 0 spiro atoms. The largest absolute Gasteiger partial charge is 0.496 e. The number of fused-ring (bicyclic) bond motifs is 1. The second-order valence-corrected chi connectivity index (χ2v) is 12.8. The minimum Gasteiger partial charge on any atom is -0.496 e. The third-order valence-corrected chi connectivity index (χ3v) is 9.69. The fraction of sp³-hybridized carbons (Fsp3) is 0.438. The van der Waals surface area contributed by atoms with Crippen molar-refractivity contribution in [1.82, 2.24) is 10.2 Å². The highest BCUT2D eigenvalue weighted by molar-refractivity contribution is 7.68. The minimum atomic E-state index is -4.16. The number of cyclic esters (lactones) is 1. The quantitative estimate of drug-likeness (QED) is 0.0992. The lowest BCUT2D eigenvalue weighted by atomic mass is 9.91. The van der Waals surface area contributed by atoms with E-state index in [0.29, 0.717) is 28.9 Å². The van der Waals surface area contributed by atoms with Crippen molar-refractivity contribution in [2.75, 3.05) is 33.4 Å². The van der Waals surface area contributed by atoms with Crippen LogP contribution in [0.25, 0.3) is 0 Å². The third-order valence-electron chi connectivity index (χ3n) is 7.36. The van der Waals surface area contributed by atoms with Crippen LogP contribution in [0, 0.1) is 12.8 Å². The van der Waals surface area contributed by atoms with Crippen molar-refractivity contribution in [2.24, 2.45) is 5.92 Å². The number of methoxy groups -OCH3 is 1. The van der Waals surface area contributed by atoms with Crippen LogP contribution in [-0.4, -0.2) is 62.4 Å². The zero-order valence-electron chi connectivity index (χ0n) is 26.3. The van der Waals surface area contributed by atoms with E-state index < -0.39 is 50.3 Å². The van der Waals surface area contributed by atoms with Crippen molar-refractivity contribution >= 4 is 36.6 Å². The van der Waals surface area contributed by atoms with E-state index in [4.69, 9.17) is 18.9 Å². The SMILES string of the molecule is CCOC(=O)CNP(=O)(NCC(=O)OCC)c1c(C/C=C(\C)CC(Cc2ccccc2)C(=O)O)c(OC)c(C)c2c1C(=O)OC2. The molecule has 0 aliphatic carbocycles. The van der Waals surface area contributed by atoms with Crippen molar-refractivity contribution in [3.63, 3.8) is 0 Å². The van der Waals surface area contributed by atoms with E-state index in [0.717, 1.165) is 11.1 Å². The van der Waals surface area contributed by atoms with E-state index >= 15 is 0 Å². The van der Waals surface area contributed by atoms with Crippen molar-refractivity contribution in [1.29, 1.82) is 0 Å². The molecule has 0 aromatic heterocycles. The second kappa shape index (κ2) is 16.4. The Morgan fingerprint density at radius 2 is 1.67 bits per heavy atom. The molecule has 45 heavy (non-hydrogen) atoms. The number of allylic oxidation sites excluding steroid dienone is 2. The molecule has 3 N–H and O–H groups in total. The summed E-state index contributed by atoms with van der Waals surface area (Å²) in [5, 5.41) is 15.4. The maximum atomic E-state index is 14.9. The molecule has 1 heterocycles. The molecule has 1 atom stereocenters. The normalized spacial score (nSPS) is 13.5. The Morgan fingerprint density at radius 3 is 2.20 bits per heavy atom. The van der Waals surface area contributed by atoms with Gasteiger partial charge in [-0.25, -0.2) is 15.0 Å². The molecule has 0 saturated heterocycles. The molecule has 244 valence electrons. The van der Waals surface area contributed by atoms with E-state index in [-0.39, 0.29) is 43.5 Å². The zero-order valence-corrected chi connectivity index (χ0v) is 27.2. The summed E-state index contributed by atoms with van der Waals surface area (Å²) < 4.78 is 36.0. The highest BCUT2D eigenvalue weighted by Gasteiger charge is 2.41. The molecule has 3 rings (SSSR count). The van der Waals surface area contributed by atoms with Gasteiger partial charge < -0.3 is 24.1 Å². The summed E-state index contributed by atoms with van der Waals surface area (Å²) in [5.74, 6) is -3.37. The molecule has 1 unspecified atom stereocenters. The highest BCUT2D eigenvalue weighted by atomic mass is 31.2. The van der Waals surface area contributed by atoms with Crippen LogP contribution in [0.4, 0.5) is 0 Å². The summed E-state index contributed by atoms with van der Waals surface area (Å²) in [4.78, 5) is 49.9. The fourth-order valence-electron chi connectivity index (χ4n) is 5.26. The summed E-state index contributed by atoms with van der Waals surface area (Å²) in [5.41, 5.74) is 3.14. The molecule has 13 heteroatoms. The summed E-state index contributed by atoms with van der Waals surface area (Å²) in [6, 6.07) is 9.34. The standard InChI is InChI=1S/C32H41N2O10P/c1-6-42-26(35)17-33-45(40,34-18-27(36)43-7-2)30-24(29(41-5)21(4)25-19-44-32(39)28(25)30)14-13-20(3)15-23(31(37)38)16-22-11-9-8-10-12-22/h8-13,23H,6-7,14-19H2,1-5H3,(H,37,38)(H2,33,34,40)/b20-13+. The molecule has 0 saturated carbocycles. The number of esters is 3. The van der Waals surface area contributed by atoms with Crippen molar-refractivity contribution in [2.45, 2.75) is 53.6 Å². The number of hydrogen-bond acceptors (Lipinski definition) is 9. The fourth-order valence-corrected chi connectivity index (χ4v) is 7.50. The molecule has 2 aromatic rings. The minimum absolute atomic E-state index is 0.0131. The number of carbonyl (C=O) groups is 4. The van der Waals surface area contributed by atoms with Gasteiger partial charge in [-0.15, -0.1) is 0 Å². The van der Waals surface area contributed by atoms with Gasteiger partial charge in [-0.1, -0.05) is 42.0 Å². The van der Waals surface area contributed by atoms with E-state index in [1.54, 1.807) is 33.8 Å². The van der Waals surface area contributed by atoms with Crippen LogP contribution >= 0.6 is 7.44 Å². The van der Waals surface area contributed by atoms with Crippen molar-refractivity contribution in [3.8, 4) is 5.75 Å². The van der Waals surface area contributed by atoms with Crippen molar-refractivity contribution < 1.29 is 47.8 Å². The number of carboxylic acids is 1. The molecule has 12 nitrogen and oxygen atoms in total. The van der Waals surface area contributed by atoms with Gasteiger partial charge in [0, 0.05) is 11.1 Å². The predicted octanol–water partition coefficient (Wildman–Crippen LogP) is 3.62. The molecule has 1 aliphatic heterocycles. The average molecular weight is 645 g/mol. The van der Waals surface area contributed by atoms with Crippen LogP contribution in [0.1, 0.15) is 59.8 Å². The maximum Gasteiger partial charge on any atom is 0.339 e. The van der Waals surface area contributed by atoms with E-state index in [1.165, 1.54) is 7.11 Å².